The summed E-state index contributed by atoms with van der Waals surface area (Å²) in [6.07, 6.45) is 34.8. The van der Waals surface area contributed by atoms with Crippen molar-refractivity contribution >= 4 is 0 Å². The summed E-state index contributed by atoms with van der Waals surface area (Å²) in [6, 6.07) is 0. The number of rotatable bonds is 0. The van der Waals surface area contributed by atoms with E-state index in [2.05, 4.69) is 71.1 Å². The van der Waals surface area contributed by atoms with E-state index in [1.165, 1.54) is 96.3 Å². The van der Waals surface area contributed by atoms with Crippen molar-refractivity contribution in [3.05, 3.63) is 36.5 Å². The van der Waals surface area contributed by atoms with Crippen LogP contribution in [0.2, 0.25) is 0 Å². The van der Waals surface area contributed by atoms with E-state index in [9.17, 15) is 0 Å². The van der Waals surface area contributed by atoms with Crippen LogP contribution in [-0.2, 0) is 0 Å². The van der Waals surface area contributed by atoms with Gasteiger partial charge < -0.3 is 0 Å². The van der Waals surface area contributed by atoms with Gasteiger partial charge in [0.05, 0.1) is 0 Å². The van der Waals surface area contributed by atoms with E-state index in [1.807, 2.05) is 69.2 Å². The van der Waals surface area contributed by atoms with Crippen molar-refractivity contribution in [2.45, 2.75) is 208 Å². The van der Waals surface area contributed by atoms with Crippen molar-refractivity contribution in [3.63, 3.8) is 0 Å². The van der Waals surface area contributed by atoms with Gasteiger partial charge in [-0.3, -0.25) is 0 Å². The molecule has 0 aliphatic heterocycles. The summed E-state index contributed by atoms with van der Waals surface area (Å²) in [7, 11) is 0. The van der Waals surface area contributed by atoms with Gasteiger partial charge in [0.1, 0.15) is 0 Å². The lowest BCUT2D eigenvalue weighted by molar-refractivity contribution is 0.385. The first kappa shape index (κ1) is 53.8. The highest BCUT2D eigenvalue weighted by atomic mass is 14.1. The van der Waals surface area contributed by atoms with Crippen LogP contribution in [0.25, 0.3) is 0 Å². The van der Waals surface area contributed by atoms with Crippen molar-refractivity contribution in [2.24, 2.45) is 29.6 Å². The predicted molar refractivity (Wildman–Crippen MR) is 206 cm³/mol. The fourth-order valence-electron chi connectivity index (χ4n) is 4.54. The molecule has 0 nitrogen and oxygen atoms in total. The molecule has 0 aromatic heterocycles. The molecule has 0 amide bonds. The van der Waals surface area contributed by atoms with Gasteiger partial charge in [0.25, 0.3) is 0 Å². The molecule has 0 N–H and O–H groups in total. The monoisotopic (exact) mass is 595 g/mol. The third-order valence-electron chi connectivity index (χ3n) is 7.28. The SMILES string of the molecule is C.CC.CC.CC.CC.CC.CC1C=CC1.CC1CC=CC1.CC1CC=CCC1.CC1CCCC1.CC1CCCCC1. The van der Waals surface area contributed by atoms with Crippen LogP contribution in [0.1, 0.15) is 208 Å². The Morgan fingerprint density at radius 3 is 0.786 bits per heavy atom. The van der Waals surface area contributed by atoms with Gasteiger partial charge >= 0.3 is 0 Å². The largest absolute Gasteiger partial charge is 0.0885 e. The molecular weight excluding hydrogens is 504 g/mol. The van der Waals surface area contributed by atoms with Crippen LogP contribution < -0.4 is 0 Å². The van der Waals surface area contributed by atoms with E-state index >= 15 is 0 Å². The number of allylic oxidation sites excluding steroid dienone is 6. The van der Waals surface area contributed by atoms with E-state index < -0.39 is 0 Å². The molecule has 0 aromatic rings. The fraction of sp³-hybridized carbons (Fsp3) is 0.857. The van der Waals surface area contributed by atoms with Crippen LogP contribution in [0.15, 0.2) is 36.5 Å². The Hall–Kier alpha value is -0.780. The highest BCUT2D eigenvalue weighted by Gasteiger charge is 2.07. The first-order chi connectivity index (χ1) is 20.0. The molecule has 0 saturated heterocycles. The fourth-order valence-corrected chi connectivity index (χ4v) is 4.54. The minimum atomic E-state index is 0. The Morgan fingerprint density at radius 2 is 0.667 bits per heavy atom. The summed E-state index contributed by atoms with van der Waals surface area (Å²) in [4.78, 5) is 0. The molecule has 258 valence electrons. The summed E-state index contributed by atoms with van der Waals surface area (Å²) >= 11 is 0. The summed E-state index contributed by atoms with van der Waals surface area (Å²) < 4.78 is 0. The maximum Gasteiger partial charge on any atom is -0.0227 e. The Balaban J connectivity index is -0.0000000894. The molecule has 0 aromatic carbocycles. The minimum absolute atomic E-state index is 0. The quantitative estimate of drug-likeness (QED) is 0.245. The van der Waals surface area contributed by atoms with E-state index in [0.29, 0.717) is 0 Å². The van der Waals surface area contributed by atoms with Crippen molar-refractivity contribution in [2.75, 3.05) is 0 Å². The molecule has 2 atom stereocenters. The molecule has 0 spiro atoms. The lowest BCUT2D eigenvalue weighted by Gasteiger charge is -2.15. The van der Waals surface area contributed by atoms with Crippen LogP contribution in [0.3, 0.4) is 0 Å². The second kappa shape index (κ2) is 49.9. The van der Waals surface area contributed by atoms with Gasteiger partial charge in [-0.1, -0.05) is 206 Å². The normalized spacial score (nSPS) is 20.9. The van der Waals surface area contributed by atoms with Gasteiger partial charge in [-0.25, -0.2) is 0 Å². The summed E-state index contributed by atoms with van der Waals surface area (Å²) in [6.45, 7) is 31.5. The topological polar surface area (TPSA) is 0 Å². The molecule has 0 heterocycles. The Kier molecular flexibility index (Phi) is 63.8. The van der Waals surface area contributed by atoms with E-state index in [4.69, 9.17) is 0 Å². The van der Waals surface area contributed by atoms with Gasteiger partial charge in [-0.05, 0) is 68.1 Å². The lowest BCUT2D eigenvalue weighted by atomic mass is 9.91. The predicted octanol–water partition coefficient (Wildman–Crippen LogP) is 16.5. The maximum atomic E-state index is 2.36. The summed E-state index contributed by atoms with van der Waals surface area (Å²) in [5, 5.41) is 0. The smallest absolute Gasteiger partial charge is 0.0227 e. The molecule has 42 heavy (non-hydrogen) atoms. The number of hydrogen-bond donors (Lipinski definition) is 0. The van der Waals surface area contributed by atoms with Crippen molar-refractivity contribution < 1.29 is 0 Å². The van der Waals surface area contributed by atoms with Gasteiger partial charge in [0.15, 0.2) is 0 Å². The van der Waals surface area contributed by atoms with Gasteiger partial charge in [0, 0.05) is 0 Å². The van der Waals surface area contributed by atoms with Gasteiger partial charge in [0.2, 0.25) is 0 Å². The zero-order valence-electron chi connectivity index (χ0n) is 32.0. The van der Waals surface area contributed by atoms with Gasteiger partial charge in [-0.15, -0.1) is 0 Å². The minimum Gasteiger partial charge on any atom is -0.0885 e. The highest BCUT2D eigenvalue weighted by molar-refractivity contribution is 4.99. The van der Waals surface area contributed by atoms with Crippen molar-refractivity contribution in [1.29, 1.82) is 0 Å². The van der Waals surface area contributed by atoms with E-state index in [0.717, 1.165) is 29.6 Å². The average molecular weight is 595 g/mol. The second-order valence-electron chi connectivity index (χ2n) is 11.2. The average Bonchev–Trinajstić information content (AvgIpc) is 3.72. The molecule has 5 aliphatic carbocycles. The second-order valence-corrected chi connectivity index (χ2v) is 11.2. The van der Waals surface area contributed by atoms with Crippen molar-refractivity contribution in [3.8, 4) is 0 Å². The van der Waals surface area contributed by atoms with Crippen molar-refractivity contribution in [1.82, 2.24) is 0 Å². The van der Waals surface area contributed by atoms with Crippen LogP contribution in [0.4, 0.5) is 0 Å². The maximum absolute atomic E-state index is 2.36. The highest BCUT2D eigenvalue weighted by Crippen LogP contribution is 2.23. The van der Waals surface area contributed by atoms with E-state index in [-0.39, 0.29) is 7.43 Å². The number of hydrogen-bond acceptors (Lipinski definition) is 0. The molecule has 5 rings (SSSR count). The molecule has 0 bridgehead atoms. The Labute approximate surface area is 273 Å². The van der Waals surface area contributed by atoms with E-state index in [1.54, 1.807) is 0 Å². The lowest BCUT2D eigenvalue weighted by Crippen LogP contribution is -1.99. The standard InChI is InChI=1S/C7H14.C7H12.C6H12.C6H10.C5H8.5C2H6.CH4/c2*1-7-5-3-2-4-6-7;2*1-6-4-2-3-5-6;1-5-3-2-4-5;5*1-2;/h7H,2-6H2,1H3;2-3,7H,4-6H2,1H3;6H,2-5H2,1H3;2-3,6H,4-5H2,1H3;2-3,5H,4H2,1H3;5*1-2H3;1H4. The summed E-state index contributed by atoms with van der Waals surface area (Å²) in [5.74, 6) is 4.85. The molecule has 2 saturated carbocycles. The first-order valence-electron chi connectivity index (χ1n) is 18.9. The van der Waals surface area contributed by atoms with Gasteiger partial charge in [-0.2, -0.15) is 0 Å². The van der Waals surface area contributed by atoms with Crippen LogP contribution in [-0.4, -0.2) is 0 Å². The third kappa shape index (κ3) is 46.2. The zero-order chi connectivity index (χ0) is 32.7. The molecule has 0 heteroatoms. The summed E-state index contributed by atoms with van der Waals surface area (Å²) in [5.41, 5.74) is 0. The van der Waals surface area contributed by atoms with Crippen LogP contribution >= 0.6 is 0 Å². The molecule has 2 unspecified atom stereocenters. The molecular formula is C42H90. The van der Waals surface area contributed by atoms with Crippen LogP contribution in [0, 0.1) is 29.6 Å². The molecule has 2 fully saturated rings. The molecule has 5 aliphatic rings. The molecule has 0 radical (unpaired) electrons. The van der Waals surface area contributed by atoms with Crippen LogP contribution in [0.5, 0.6) is 0 Å². The zero-order valence-corrected chi connectivity index (χ0v) is 32.0. The third-order valence-corrected chi connectivity index (χ3v) is 7.28. The Morgan fingerprint density at radius 1 is 0.357 bits per heavy atom. The Bertz CT molecular complexity index is 462. The first-order valence-corrected chi connectivity index (χ1v) is 18.9.